The molecule has 0 fully saturated rings. The van der Waals surface area contributed by atoms with Crippen LogP contribution in [0.3, 0.4) is 0 Å². The van der Waals surface area contributed by atoms with E-state index in [-0.39, 0.29) is 40.6 Å². The zero-order chi connectivity index (χ0) is 6.57. The van der Waals surface area contributed by atoms with Crippen molar-refractivity contribution < 1.29 is 23.3 Å². The molecule has 0 aliphatic heterocycles. The summed E-state index contributed by atoms with van der Waals surface area (Å²) in [5.74, 6) is 0. The van der Waals surface area contributed by atoms with Gasteiger partial charge in [0.05, 0.1) is 13.2 Å². The van der Waals surface area contributed by atoms with Crippen molar-refractivity contribution in [1.82, 2.24) is 0 Å². The van der Waals surface area contributed by atoms with Crippen LogP contribution in [0.2, 0.25) is 0 Å². The van der Waals surface area contributed by atoms with E-state index in [1.165, 1.54) is 0 Å². The fourth-order valence-electron chi connectivity index (χ4n) is 0.243. The van der Waals surface area contributed by atoms with Gasteiger partial charge >= 0.3 is 37.7 Å². The van der Waals surface area contributed by atoms with Crippen molar-refractivity contribution in [2.45, 2.75) is 12.2 Å². The maximum atomic E-state index is 8.47. The third-order valence-electron chi connectivity index (χ3n) is 0.818. The van der Waals surface area contributed by atoms with Gasteiger partial charge in [0.2, 0.25) is 0 Å². The summed E-state index contributed by atoms with van der Waals surface area (Å²) in [6, 6.07) is 0. The Labute approximate surface area is 86.1 Å². The Kier molecular flexibility index (Phi) is 10.2. The van der Waals surface area contributed by atoms with E-state index in [1.807, 2.05) is 0 Å². The van der Waals surface area contributed by atoms with Crippen LogP contribution >= 0.6 is 0 Å². The summed E-state index contributed by atoms with van der Waals surface area (Å²) in [4.78, 5) is 0. The first-order valence-corrected chi connectivity index (χ1v) is 2.30. The van der Waals surface area contributed by atoms with Crippen LogP contribution in [0.5, 0.6) is 0 Å². The van der Waals surface area contributed by atoms with E-state index in [9.17, 15) is 0 Å². The summed E-state index contributed by atoms with van der Waals surface area (Å²) in [7, 11) is 0. The second-order valence-corrected chi connectivity index (χ2v) is 1.50. The minimum atomic E-state index is -1.22. The average Bonchev–Trinajstić information content (AvgIpc) is 1.84. The third kappa shape index (κ3) is 5.54. The Bertz CT molecular complexity index is 60.1. The van der Waals surface area contributed by atoms with Gasteiger partial charge in [-0.25, -0.2) is 0 Å². The Hall–Kier alpha value is 1.10. The fourth-order valence-corrected chi connectivity index (χ4v) is 0.243. The molecule has 0 rings (SSSR count). The molecule has 0 aliphatic carbocycles. The molecule has 0 aromatic carbocycles. The van der Waals surface area contributed by atoms with Crippen molar-refractivity contribution >= 4 is 37.7 Å². The van der Waals surface area contributed by atoms with Gasteiger partial charge in [-0.1, -0.05) is 0 Å². The van der Waals surface area contributed by atoms with E-state index in [0.717, 1.165) is 0 Å². The Morgan fingerprint density at radius 1 is 1.00 bits per heavy atom. The minimum Gasteiger partial charge on any atom is -1.00 e. The smallest absolute Gasteiger partial charge is 1.00 e. The predicted octanol–water partition coefficient (Wildman–Crippen LogP) is -2.46. The van der Waals surface area contributed by atoms with E-state index in [1.54, 1.807) is 0 Å². The van der Waals surface area contributed by atoms with E-state index in [0.29, 0.717) is 0 Å². The normalized spacial score (nSPS) is 16.0. The molecule has 9 heavy (non-hydrogen) atoms. The number of hydrogen-bond acceptors (Lipinski definition) is 4. The average molecular weight is 164 g/mol. The van der Waals surface area contributed by atoms with Crippen LogP contribution in [0.25, 0.3) is 0 Å². The van der Waals surface area contributed by atoms with Gasteiger partial charge in [0, 0.05) is 0 Å². The van der Waals surface area contributed by atoms with Gasteiger partial charge in [-0.3, -0.25) is 0 Å². The maximum Gasteiger partial charge on any atom is 2.00 e. The van der Waals surface area contributed by atoms with Crippen molar-refractivity contribution in [2.24, 2.45) is 0 Å². The zero-order valence-electron chi connectivity index (χ0n) is 7.06. The zero-order valence-corrected chi connectivity index (χ0v) is 7.27. The minimum absolute atomic E-state index is 0. The largest absolute Gasteiger partial charge is 2.00 e. The summed E-state index contributed by atoms with van der Waals surface area (Å²) in [6.07, 6.45) is -2.44. The van der Waals surface area contributed by atoms with Crippen LogP contribution in [-0.4, -0.2) is 83.6 Å². The molecule has 0 aromatic heterocycles. The summed E-state index contributed by atoms with van der Waals surface area (Å²) in [5, 5.41) is 33.2. The molecule has 0 saturated heterocycles. The van der Waals surface area contributed by atoms with Gasteiger partial charge in [0.15, 0.2) is 0 Å². The number of rotatable bonds is 3. The first kappa shape index (κ1) is 12.7. The summed E-state index contributed by atoms with van der Waals surface area (Å²) < 4.78 is 0. The molecular formula is C4H12CaO4. The molecule has 4 nitrogen and oxygen atoms in total. The van der Waals surface area contributed by atoms with E-state index < -0.39 is 25.4 Å². The fraction of sp³-hybridized carbons (Fsp3) is 1.00. The number of aliphatic hydroxyl groups is 4. The van der Waals surface area contributed by atoms with Gasteiger partial charge < -0.3 is 23.3 Å². The molecule has 4 N–H and O–H groups in total. The van der Waals surface area contributed by atoms with E-state index in [2.05, 4.69) is 0 Å². The van der Waals surface area contributed by atoms with Crippen molar-refractivity contribution in [3.8, 4) is 0 Å². The van der Waals surface area contributed by atoms with Crippen molar-refractivity contribution in [2.75, 3.05) is 13.2 Å². The predicted molar refractivity (Wildman–Crippen MR) is 34.2 cm³/mol. The maximum absolute atomic E-state index is 8.47. The van der Waals surface area contributed by atoms with Crippen LogP contribution in [0.4, 0.5) is 0 Å². The summed E-state index contributed by atoms with van der Waals surface area (Å²) in [5.41, 5.74) is 0. The standard InChI is InChI=1S/C4H10O4.Ca.2H/c5-1-3(7)4(8)2-6;;;/h3-8H,1-2H2;;;/q;+2;2*-1. The third-order valence-corrected chi connectivity index (χ3v) is 0.818. The van der Waals surface area contributed by atoms with E-state index in [4.69, 9.17) is 20.4 Å². The van der Waals surface area contributed by atoms with Crippen molar-refractivity contribution in [3.63, 3.8) is 0 Å². The first-order valence-electron chi connectivity index (χ1n) is 2.30. The van der Waals surface area contributed by atoms with Gasteiger partial charge in [-0.2, -0.15) is 0 Å². The van der Waals surface area contributed by atoms with Crippen molar-refractivity contribution in [1.29, 1.82) is 0 Å². The second-order valence-electron chi connectivity index (χ2n) is 1.50. The Morgan fingerprint density at radius 3 is 1.33 bits per heavy atom. The Morgan fingerprint density at radius 2 is 1.22 bits per heavy atom. The molecule has 0 saturated carbocycles. The van der Waals surface area contributed by atoms with Crippen LogP contribution in [0, 0.1) is 0 Å². The molecule has 0 heterocycles. The molecule has 0 aliphatic rings. The SMILES string of the molecule is OCC(O)C(O)CO.[Ca+2].[H-].[H-]. The van der Waals surface area contributed by atoms with Gasteiger partial charge in [0.25, 0.3) is 0 Å². The van der Waals surface area contributed by atoms with Crippen LogP contribution < -0.4 is 0 Å². The Balaban J connectivity index is -0.0000000817. The second kappa shape index (κ2) is 7.21. The molecule has 0 spiro atoms. The molecular weight excluding hydrogens is 152 g/mol. The summed E-state index contributed by atoms with van der Waals surface area (Å²) in [6.45, 7) is -1.05. The molecule has 0 bridgehead atoms. The topological polar surface area (TPSA) is 80.9 Å². The van der Waals surface area contributed by atoms with Gasteiger partial charge in [0.1, 0.15) is 12.2 Å². The molecule has 5 heteroatoms. The van der Waals surface area contributed by atoms with Crippen molar-refractivity contribution in [3.05, 3.63) is 0 Å². The first-order chi connectivity index (χ1) is 3.72. The van der Waals surface area contributed by atoms with Gasteiger partial charge in [-0.05, 0) is 0 Å². The molecule has 0 aromatic rings. The van der Waals surface area contributed by atoms with Gasteiger partial charge in [-0.15, -0.1) is 0 Å². The van der Waals surface area contributed by atoms with E-state index >= 15 is 0 Å². The van der Waals surface area contributed by atoms with Crippen LogP contribution in [-0.2, 0) is 0 Å². The number of aliphatic hydroxyl groups excluding tert-OH is 4. The summed E-state index contributed by atoms with van der Waals surface area (Å²) >= 11 is 0. The molecule has 2 atom stereocenters. The van der Waals surface area contributed by atoms with Crippen LogP contribution in [0.15, 0.2) is 0 Å². The molecule has 0 amide bonds. The molecule has 0 radical (unpaired) electrons. The van der Waals surface area contributed by atoms with Crippen LogP contribution in [0.1, 0.15) is 2.85 Å². The molecule has 2 unspecified atom stereocenters. The number of hydrogen-bond donors (Lipinski definition) is 4. The molecule has 54 valence electrons. The quantitative estimate of drug-likeness (QED) is 0.349. The monoisotopic (exact) mass is 164 g/mol.